The maximum Gasteiger partial charge on any atom is 0.296 e. The van der Waals surface area contributed by atoms with Crippen LogP contribution < -0.4 is 0 Å². The number of nitrogens with zero attached hydrogens (tertiary/aromatic N) is 3. The smallest absolute Gasteiger partial charge is 0.294 e. The average molecular weight is 320 g/mol. The van der Waals surface area contributed by atoms with Crippen molar-refractivity contribution < 1.29 is 8.42 Å². The lowest BCUT2D eigenvalue weighted by molar-refractivity contribution is 0.531. The number of hydrogen-bond donors (Lipinski definition) is 0. The number of aryl methyl sites for hydroxylation is 1. The summed E-state index contributed by atoms with van der Waals surface area (Å²) in [5.41, 5.74) is 0. The Bertz CT molecular complexity index is 689. The first-order valence-electron chi connectivity index (χ1n) is 5.83. The van der Waals surface area contributed by atoms with E-state index >= 15 is 0 Å². The lowest BCUT2D eigenvalue weighted by Gasteiger charge is -2.11. The number of aromatic nitrogens is 3. The zero-order chi connectivity index (χ0) is 14.2. The van der Waals surface area contributed by atoms with Gasteiger partial charge in [-0.1, -0.05) is 6.92 Å². The molecule has 0 aliphatic heterocycles. The van der Waals surface area contributed by atoms with E-state index in [1.54, 1.807) is 15.9 Å². The summed E-state index contributed by atoms with van der Waals surface area (Å²) in [5.74, 6) is 0.541. The van der Waals surface area contributed by atoms with E-state index in [0.717, 1.165) is 11.3 Å². The average Bonchev–Trinajstić information content (AvgIpc) is 2.94. The first kappa shape index (κ1) is 14.5. The van der Waals surface area contributed by atoms with Gasteiger partial charge in [0, 0.05) is 21.6 Å². The predicted molar refractivity (Wildman–Crippen MR) is 76.1 cm³/mol. The van der Waals surface area contributed by atoms with Crippen molar-refractivity contribution in [3.8, 4) is 10.7 Å². The summed E-state index contributed by atoms with van der Waals surface area (Å²) < 4.78 is 24.6. The molecule has 0 radical (unpaired) electrons. The molecule has 0 bridgehead atoms. The summed E-state index contributed by atoms with van der Waals surface area (Å²) >= 11 is 1.58. The second kappa shape index (κ2) is 5.22. The van der Waals surface area contributed by atoms with Gasteiger partial charge in [-0.05, 0) is 32.4 Å². The Morgan fingerprint density at radius 3 is 2.53 bits per heavy atom. The van der Waals surface area contributed by atoms with Crippen molar-refractivity contribution in [1.82, 2.24) is 14.8 Å². The Morgan fingerprint density at radius 2 is 2.05 bits per heavy atom. The summed E-state index contributed by atoms with van der Waals surface area (Å²) in [6, 6.07) is 3.84. The summed E-state index contributed by atoms with van der Waals surface area (Å²) in [6.45, 7) is 5.80. The van der Waals surface area contributed by atoms with Gasteiger partial charge in [0.15, 0.2) is 5.82 Å². The molecule has 0 aromatic carbocycles. The van der Waals surface area contributed by atoms with Gasteiger partial charge in [-0.2, -0.15) is 0 Å². The van der Waals surface area contributed by atoms with Gasteiger partial charge in [0.05, 0.1) is 4.88 Å². The van der Waals surface area contributed by atoms with Gasteiger partial charge < -0.3 is 0 Å². The highest BCUT2D eigenvalue weighted by Gasteiger charge is 2.25. The number of rotatable bonds is 4. The quantitative estimate of drug-likeness (QED) is 0.812. The van der Waals surface area contributed by atoms with Crippen LogP contribution in [-0.4, -0.2) is 23.2 Å². The number of thiophene rings is 1. The molecule has 2 aromatic heterocycles. The monoisotopic (exact) mass is 319 g/mol. The third kappa shape index (κ3) is 2.82. The van der Waals surface area contributed by atoms with E-state index < -0.39 is 9.05 Å². The normalized spacial score (nSPS) is 12.3. The molecule has 0 N–H and O–H groups in total. The molecule has 0 fully saturated rings. The first-order valence-corrected chi connectivity index (χ1v) is 8.95. The molecule has 2 rings (SSSR count). The van der Waals surface area contributed by atoms with Gasteiger partial charge in [0.25, 0.3) is 14.2 Å². The minimum atomic E-state index is -3.90. The van der Waals surface area contributed by atoms with Crippen LogP contribution in [0.25, 0.3) is 10.7 Å². The van der Waals surface area contributed by atoms with Crippen LogP contribution in [0.15, 0.2) is 17.3 Å². The van der Waals surface area contributed by atoms with E-state index in [-0.39, 0.29) is 11.2 Å². The summed E-state index contributed by atoms with van der Waals surface area (Å²) in [6.07, 6.45) is 0.932. The van der Waals surface area contributed by atoms with Crippen LogP contribution in [0.3, 0.4) is 0 Å². The number of hydrogen-bond acceptors (Lipinski definition) is 5. The second-order valence-corrected chi connectivity index (χ2v) is 7.96. The van der Waals surface area contributed by atoms with Crippen LogP contribution in [0, 0.1) is 0 Å². The molecule has 0 unspecified atom stereocenters. The molecular formula is C11H14ClN3O2S2. The van der Waals surface area contributed by atoms with Crippen molar-refractivity contribution in [3.63, 3.8) is 0 Å². The van der Waals surface area contributed by atoms with Crippen molar-refractivity contribution in [2.24, 2.45) is 0 Å². The molecule has 2 heterocycles. The Labute approximate surface area is 120 Å². The molecule has 0 aliphatic carbocycles. The molecule has 0 spiro atoms. The molecular weight excluding hydrogens is 306 g/mol. The second-order valence-electron chi connectivity index (χ2n) is 4.33. The minimum Gasteiger partial charge on any atom is -0.294 e. The van der Waals surface area contributed by atoms with Gasteiger partial charge in [0.1, 0.15) is 0 Å². The summed E-state index contributed by atoms with van der Waals surface area (Å²) in [5, 5.41) is 7.50. The van der Waals surface area contributed by atoms with Crippen molar-refractivity contribution >= 4 is 31.1 Å². The SMILES string of the molecule is CCc1ccc(-c2nnc(S(=O)(=O)Cl)n2C(C)C)s1. The van der Waals surface area contributed by atoms with E-state index in [2.05, 4.69) is 17.1 Å². The molecule has 19 heavy (non-hydrogen) atoms. The van der Waals surface area contributed by atoms with Crippen molar-refractivity contribution in [3.05, 3.63) is 17.0 Å². The summed E-state index contributed by atoms with van der Waals surface area (Å²) in [4.78, 5) is 2.10. The minimum absolute atomic E-state index is 0.0966. The summed E-state index contributed by atoms with van der Waals surface area (Å²) in [7, 11) is 1.50. The van der Waals surface area contributed by atoms with Gasteiger partial charge in [-0.25, -0.2) is 8.42 Å². The van der Waals surface area contributed by atoms with Crippen molar-refractivity contribution in [2.45, 2.75) is 38.4 Å². The molecule has 0 atom stereocenters. The standard InChI is InChI=1S/C11H14ClN3O2S2/c1-4-8-5-6-9(18-8)10-13-14-11(19(12,16)17)15(10)7(2)3/h5-7H,4H2,1-3H3. The third-order valence-electron chi connectivity index (χ3n) is 2.63. The lowest BCUT2D eigenvalue weighted by Crippen LogP contribution is -2.09. The van der Waals surface area contributed by atoms with Gasteiger partial charge >= 0.3 is 0 Å². The fourth-order valence-corrected chi connectivity index (χ4v) is 3.68. The molecule has 0 saturated heterocycles. The first-order chi connectivity index (χ1) is 8.84. The van der Waals surface area contributed by atoms with E-state index in [1.807, 2.05) is 26.0 Å². The fourth-order valence-electron chi connectivity index (χ4n) is 1.76. The van der Waals surface area contributed by atoms with E-state index in [9.17, 15) is 8.42 Å². The molecule has 5 nitrogen and oxygen atoms in total. The highest BCUT2D eigenvalue weighted by molar-refractivity contribution is 8.13. The maximum atomic E-state index is 11.5. The van der Waals surface area contributed by atoms with Crippen LogP contribution in [0.5, 0.6) is 0 Å². The molecule has 0 amide bonds. The van der Waals surface area contributed by atoms with Crippen LogP contribution in [0.2, 0.25) is 0 Å². The van der Waals surface area contributed by atoms with E-state index in [0.29, 0.717) is 5.82 Å². The topological polar surface area (TPSA) is 64.8 Å². The van der Waals surface area contributed by atoms with Crippen molar-refractivity contribution in [2.75, 3.05) is 0 Å². The van der Waals surface area contributed by atoms with Crippen LogP contribution in [0.4, 0.5) is 0 Å². The van der Waals surface area contributed by atoms with Crippen molar-refractivity contribution in [1.29, 1.82) is 0 Å². The zero-order valence-corrected chi connectivity index (χ0v) is 13.2. The Balaban J connectivity index is 2.62. The molecule has 2 aromatic rings. The number of halogens is 1. The Morgan fingerprint density at radius 1 is 1.37 bits per heavy atom. The Kier molecular flexibility index (Phi) is 3.98. The van der Waals surface area contributed by atoms with Gasteiger partial charge in [-0.3, -0.25) is 4.57 Å². The van der Waals surface area contributed by atoms with Gasteiger partial charge in [-0.15, -0.1) is 21.5 Å². The van der Waals surface area contributed by atoms with Crippen LogP contribution in [0.1, 0.15) is 31.7 Å². The fraction of sp³-hybridized carbons (Fsp3) is 0.455. The maximum absolute atomic E-state index is 11.5. The predicted octanol–water partition coefficient (Wildman–Crippen LogP) is 3.08. The molecule has 0 aliphatic rings. The highest BCUT2D eigenvalue weighted by Crippen LogP contribution is 2.31. The van der Waals surface area contributed by atoms with E-state index in [4.69, 9.17) is 10.7 Å². The van der Waals surface area contributed by atoms with Crippen LogP contribution >= 0.6 is 22.0 Å². The molecule has 8 heteroatoms. The van der Waals surface area contributed by atoms with Gasteiger partial charge in [0.2, 0.25) is 0 Å². The molecule has 0 saturated carbocycles. The lowest BCUT2D eigenvalue weighted by atomic mass is 10.3. The molecule has 104 valence electrons. The van der Waals surface area contributed by atoms with E-state index in [1.165, 1.54) is 4.88 Å². The zero-order valence-electron chi connectivity index (χ0n) is 10.8. The largest absolute Gasteiger partial charge is 0.296 e. The Hall–Kier alpha value is -0.920. The van der Waals surface area contributed by atoms with Crippen LogP contribution in [-0.2, 0) is 15.5 Å². The third-order valence-corrected chi connectivity index (χ3v) is 4.98. The highest BCUT2D eigenvalue weighted by atomic mass is 35.7.